The maximum Gasteiger partial charge on any atom is 0.320 e. The van der Waals surface area contributed by atoms with E-state index in [9.17, 15) is 4.79 Å². The molecule has 0 aromatic heterocycles. The van der Waals surface area contributed by atoms with Crippen LogP contribution in [0, 0.1) is 0 Å². The Morgan fingerprint density at radius 3 is 1.75 bits per heavy atom. The van der Waals surface area contributed by atoms with Crippen LogP contribution >= 0.6 is 12.4 Å². The summed E-state index contributed by atoms with van der Waals surface area (Å²) >= 11 is 0. The van der Waals surface area contributed by atoms with Gasteiger partial charge in [0.15, 0.2) is 0 Å². The van der Waals surface area contributed by atoms with Crippen molar-refractivity contribution in [2.45, 2.75) is 26.8 Å². The maximum atomic E-state index is 9.57. The number of carbonyl (C=O) groups is 1. The molecule has 0 heterocycles. The number of carboxylic acids is 1. The van der Waals surface area contributed by atoms with Gasteiger partial charge < -0.3 is 15.6 Å². The Hall–Kier alpha value is -0.320. The standard InChI is InChI=1S/C4H10O.C3H7NO2.ClH/c1-3-5-4-2;1-2(4)3(5)6;/h3-4H2,1-2H3;2H,4H2,1H3,(H,5,6);1H. The highest BCUT2D eigenvalue weighted by molar-refractivity contribution is 5.85. The summed E-state index contributed by atoms with van der Waals surface area (Å²) in [5.74, 6) is -0.963. The Kier molecular flexibility index (Phi) is 19.6. The van der Waals surface area contributed by atoms with E-state index in [-0.39, 0.29) is 12.4 Å². The lowest BCUT2D eigenvalue weighted by Crippen LogP contribution is -2.25. The molecule has 0 aromatic carbocycles. The number of halogens is 1. The molecule has 0 saturated heterocycles. The quantitative estimate of drug-likeness (QED) is 0.708. The van der Waals surface area contributed by atoms with Gasteiger partial charge in [-0.2, -0.15) is 0 Å². The molecule has 0 aliphatic heterocycles. The molecular weight excluding hydrogens is 182 g/mol. The molecule has 0 aliphatic rings. The first-order chi connectivity index (χ1) is 5.06. The summed E-state index contributed by atoms with van der Waals surface area (Å²) in [6.07, 6.45) is 0. The molecule has 4 nitrogen and oxygen atoms in total. The van der Waals surface area contributed by atoms with E-state index in [0.717, 1.165) is 13.2 Å². The van der Waals surface area contributed by atoms with E-state index in [4.69, 9.17) is 15.6 Å². The van der Waals surface area contributed by atoms with Crippen molar-refractivity contribution in [2.24, 2.45) is 5.73 Å². The van der Waals surface area contributed by atoms with Crippen LogP contribution in [0.25, 0.3) is 0 Å². The van der Waals surface area contributed by atoms with Crippen LogP contribution < -0.4 is 5.73 Å². The van der Waals surface area contributed by atoms with Gasteiger partial charge in [-0.05, 0) is 20.8 Å². The smallest absolute Gasteiger partial charge is 0.320 e. The van der Waals surface area contributed by atoms with Crippen molar-refractivity contribution >= 4 is 18.4 Å². The number of ether oxygens (including phenoxy) is 1. The molecule has 12 heavy (non-hydrogen) atoms. The summed E-state index contributed by atoms with van der Waals surface area (Å²) in [7, 11) is 0. The monoisotopic (exact) mass is 199 g/mol. The minimum atomic E-state index is -0.963. The van der Waals surface area contributed by atoms with Crippen molar-refractivity contribution in [2.75, 3.05) is 13.2 Å². The first-order valence-corrected chi connectivity index (χ1v) is 3.62. The Morgan fingerprint density at radius 2 is 1.75 bits per heavy atom. The highest BCUT2D eigenvalue weighted by Crippen LogP contribution is 1.68. The number of hydrogen-bond donors (Lipinski definition) is 2. The van der Waals surface area contributed by atoms with Crippen molar-refractivity contribution in [3.8, 4) is 0 Å². The fourth-order valence-corrected chi connectivity index (χ4v) is 0.204. The molecule has 0 bridgehead atoms. The van der Waals surface area contributed by atoms with Gasteiger partial charge in [-0.25, -0.2) is 0 Å². The highest BCUT2D eigenvalue weighted by Gasteiger charge is 1.99. The summed E-state index contributed by atoms with van der Waals surface area (Å²) in [6, 6.07) is -0.731. The zero-order valence-electron chi connectivity index (χ0n) is 7.74. The summed E-state index contributed by atoms with van der Waals surface area (Å²) in [5, 5.41) is 7.87. The molecule has 0 fully saturated rings. The van der Waals surface area contributed by atoms with Crippen LogP contribution in [0.3, 0.4) is 0 Å². The van der Waals surface area contributed by atoms with Gasteiger partial charge in [0.2, 0.25) is 0 Å². The fraction of sp³-hybridized carbons (Fsp3) is 0.857. The number of aliphatic carboxylic acids is 1. The summed E-state index contributed by atoms with van der Waals surface area (Å²) < 4.78 is 4.83. The van der Waals surface area contributed by atoms with Crippen LogP contribution in [0.4, 0.5) is 0 Å². The second kappa shape index (κ2) is 13.3. The molecule has 0 amide bonds. The third-order valence-electron chi connectivity index (χ3n) is 0.798. The zero-order valence-corrected chi connectivity index (χ0v) is 8.56. The second-order valence-corrected chi connectivity index (χ2v) is 1.91. The van der Waals surface area contributed by atoms with Crippen LogP contribution in [0.1, 0.15) is 20.8 Å². The number of hydrogen-bond acceptors (Lipinski definition) is 3. The topological polar surface area (TPSA) is 72.6 Å². The van der Waals surface area contributed by atoms with E-state index in [0.29, 0.717) is 0 Å². The average molecular weight is 200 g/mol. The van der Waals surface area contributed by atoms with Gasteiger partial charge in [-0.15, -0.1) is 12.4 Å². The first kappa shape index (κ1) is 17.7. The lowest BCUT2D eigenvalue weighted by Gasteiger charge is -1.90. The van der Waals surface area contributed by atoms with Crippen molar-refractivity contribution in [1.82, 2.24) is 0 Å². The van der Waals surface area contributed by atoms with Crippen LogP contribution in [-0.4, -0.2) is 30.3 Å². The molecule has 0 aromatic rings. The minimum Gasteiger partial charge on any atom is -0.480 e. The van der Waals surface area contributed by atoms with Crippen LogP contribution in [0.2, 0.25) is 0 Å². The van der Waals surface area contributed by atoms with E-state index in [1.165, 1.54) is 6.92 Å². The van der Waals surface area contributed by atoms with Gasteiger partial charge in [0, 0.05) is 13.2 Å². The van der Waals surface area contributed by atoms with E-state index in [1.54, 1.807) is 0 Å². The maximum absolute atomic E-state index is 9.57. The molecule has 76 valence electrons. The third kappa shape index (κ3) is 22.6. The molecule has 0 radical (unpaired) electrons. The van der Waals surface area contributed by atoms with Gasteiger partial charge >= 0.3 is 5.97 Å². The SMILES string of the molecule is CC(N)C(=O)O.CCOCC.Cl. The van der Waals surface area contributed by atoms with Gasteiger partial charge in [0.05, 0.1) is 0 Å². The molecule has 0 saturated carbocycles. The molecule has 0 rings (SSSR count). The predicted octanol–water partition coefficient (Wildman–Crippen LogP) is 0.883. The van der Waals surface area contributed by atoms with E-state index in [2.05, 4.69) is 0 Å². The highest BCUT2D eigenvalue weighted by atomic mass is 35.5. The molecule has 1 atom stereocenters. The second-order valence-electron chi connectivity index (χ2n) is 1.91. The number of rotatable bonds is 3. The largest absolute Gasteiger partial charge is 0.480 e. The molecule has 5 heteroatoms. The average Bonchev–Trinajstić information content (AvgIpc) is 1.90. The molecule has 0 spiro atoms. The van der Waals surface area contributed by atoms with Crippen LogP contribution in [0.5, 0.6) is 0 Å². The van der Waals surface area contributed by atoms with Gasteiger partial charge in [0.25, 0.3) is 0 Å². The molecule has 1 unspecified atom stereocenters. The first-order valence-electron chi connectivity index (χ1n) is 3.62. The molecule has 0 aliphatic carbocycles. The summed E-state index contributed by atoms with van der Waals surface area (Å²) in [5.41, 5.74) is 4.84. The van der Waals surface area contributed by atoms with E-state index in [1.807, 2.05) is 13.8 Å². The van der Waals surface area contributed by atoms with Crippen LogP contribution in [-0.2, 0) is 9.53 Å². The van der Waals surface area contributed by atoms with E-state index < -0.39 is 12.0 Å². The molecular formula is C7H18ClNO3. The number of nitrogens with two attached hydrogens (primary N) is 1. The Morgan fingerprint density at radius 1 is 1.50 bits per heavy atom. The Labute approximate surface area is 79.5 Å². The van der Waals surface area contributed by atoms with Crippen molar-refractivity contribution in [1.29, 1.82) is 0 Å². The van der Waals surface area contributed by atoms with Crippen LogP contribution in [0.15, 0.2) is 0 Å². The third-order valence-corrected chi connectivity index (χ3v) is 0.798. The predicted molar refractivity (Wildman–Crippen MR) is 50.7 cm³/mol. The fourth-order valence-electron chi connectivity index (χ4n) is 0.204. The van der Waals surface area contributed by atoms with E-state index >= 15 is 0 Å². The van der Waals surface area contributed by atoms with Gasteiger partial charge in [-0.3, -0.25) is 4.79 Å². The number of carboxylic acid groups (broad SMARTS) is 1. The normalized spacial score (nSPS) is 10.3. The Bertz CT molecular complexity index is 96.7. The molecule has 3 N–H and O–H groups in total. The van der Waals surface area contributed by atoms with Gasteiger partial charge in [-0.1, -0.05) is 0 Å². The van der Waals surface area contributed by atoms with Gasteiger partial charge in [0.1, 0.15) is 6.04 Å². The minimum absolute atomic E-state index is 0. The lowest BCUT2D eigenvalue weighted by atomic mass is 10.4. The Balaban J connectivity index is -0.000000126. The van der Waals surface area contributed by atoms with Crippen molar-refractivity contribution < 1.29 is 14.6 Å². The zero-order chi connectivity index (χ0) is 9.28. The van der Waals surface area contributed by atoms with Crippen molar-refractivity contribution in [3.63, 3.8) is 0 Å². The lowest BCUT2D eigenvalue weighted by molar-refractivity contribution is -0.138. The summed E-state index contributed by atoms with van der Waals surface area (Å²) in [4.78, 5) is 9.57. The summed E-state index contributed by atoms with van der Waals surface area (Å²) in [6.45, 7) is 7.09. The van der Waals surface area contributed by atoms with Crippen molar-refractivity contribution in [3.05, 3.63) is 0 Å².